The Balaban J connectivity index is 1.45. The predicted molar refractivity (Wildman–Crippen MR) is 111 cm³/mol. The van der Waals surface area contributed by atoms with E-state index in [1.807, 2.05) is 12.1 Å². The summed E-state index contributed by atoms with van der Waals surface area (Å²) >= 11 is 11.9. The molecule has 0 aliphatic carbocycles. The van der Waals surface area contributed by atoms with E-state index in [0.717, 1.165) is 12.0 Å². The molecule has 2 N–H and O–H groups in total. The van der Waals surface area contributed by atoms with Gasteiger partial charge in [-0.3, -0.25) is 9.59 Å². The van der Waals surface area contributed by atoms with Gasteiger partial charge in [0.15, 0.2) is 5.76 Å². The molecule has 0 atom stereocenters. The first-order chi connectivity index (χ1) is 13.5. The summed E-state index contributed by atoms with van der Waals surface area (Å²) in [5.41, 5.74) is 2.31. The lowest BCUT2D eigenvalue weighted by atomic mass is 10.1. The molecule has 0 fully saturated rings. The topological polar surface area (TPSA) is 71.3 Å². The molecule has 1 aromatic heterocycles. The van der Waals surface area contributed by atoms with Gasteiger partial charge in [-0.15, -0.1) is 0 Å². The summed E-state index contributed by atoms with van der Waals surface area (Å²) in [6, 6.07) is 15.6. The van der Waals surface area contributed by atoms with E-state index in [4.69, 9.17) is 27.6 Å². The number of hydrogen-bond acceptors (Lipinski definition) is 3. The summed E-state index contributed by atoms with van der Waals surface area (Å²) in [7, 11) is 0. The van der Waals surface area contributed by atoms with Crippen molar-refractivity contribution in [1.29, 1.82) is 0 Å². The molecule has 2 aromatic carbocycles. The van der Waals surface area contributed by atoms with Crippen LogP contribution in [-0.2, 0) is 11.2 Å². The fraction of sp³-hybridized carbons (Fsp3) is 0.143. The Morgan fingerprint density at radius 2 is 1.61 bits per heavy atom. The lowest BCUT2D eigenvalue weighted by Crippen LogP contribution is -2.12. The van der Waals surface area contributed by atoms with Crippen LogP contribution in [0.15, 0.2) is 65.3 Å². The van der Waals surface area contributed by atoms with E-state index < -0.39 is 0 Å². The van der Waals surface area contributed by atoms with Crippen LogP contribution < -0.4 is 10.6 Å². The first-order valence-corrected chi connectivity index (χ1v) is 9.45. The highest BCUT2D eigenvalue weighted by Gasteiger charge is 2.09. The number of benzene rings is 2. The molecule has 0 unspecified atom stereocenters. The van der Waals surface area contributed by atoms with Crippen molar-refractivity contribution in [1.82, 2.24) is 0 Å². The average Bonchev–Trinajstić information content (AvgIpc) is 3.21. The lowest BCUT2D eigenvalue weighted by Gasteiger charge is -2.08. The van der Waals surface area contributed by atoms with E-state index in [0.29, 0.717) is 34.3 Å². The van der Waals surface area contributed by atoms with Gasteiger partial charge >= 0.3 is 0 Å². The number of carbonyl (C=O) groups is 2. The number of nitrogens with one attached hydrogen (secondary N) is 2. The molecule has 1 heterocycles. The number of amides is 2. The van der Waals surface area contributed by atoms with E-state index in [9.17, 15) is 9.59 Å². The number of aryl methyl sites for hydroxylation is 1. The molecule has 7 heteroatoms. The van der Waals surface area contributed by atoms with Crippen LogP contribution in [0.25, 0.3) is 0 Å². The normalized spacial score (nSPS) is 10.5. The van der Waals surface area contributed by atoms with Crippen molar-refractivity contribution < 1.29 is 14.0 Å². The highest BCUT2D eigenvalue weighted by molar-refractivity contribution is 6.42. The summed E-state index contributed by atoms with van der Waals surface area (Å²) in [6.45, 7) is 0. The van der Waals surface area contributed by atoms with E-state index >= 15 is 0 Å². The maximum absolute atomic E-state index is 12.1. The molecule has 0 saturated carbocycles. The number of furan rings is 1. The molecular formula is C21H18Cl2N2O3. The van der Waals surface area contributed by atoms with Gasteiger partial charge in [-0.2, -0.15) is 0 Å². The van der Waals surface area contributed by atoms with Crippen molar-refractivity contribution in [3.05, 3.63) is 82.2 Å². The van der Waals surface area contributed by atoms with Crippen molar-refractivity contribution in [2.75, 3.05) is 10.6 Å². The minimum absolute atomic E-state index is 0.0765. The van der Waals surface area contributed by atoms with Crippen LogP contribution in [0.2, 0.25) is 10.0 Å². The van der Waals surface area contributed by atoms with Gasteiger partial charge in [0.05, 0.1) is 16.3 Å². The molecule has 5 nitrogen and oxygen atoms in total. The van der Waals surface area contributed by atoms with Crippen molar-refractivity contribution in [2.45, 2.75) is 19.3 Å². The number of hydrogen-bond donors (Lipinski definition) is 2. The van der Waals surface area contributed by atoms with Gasteiger partial charge < -0.3 is 15.1 Å². The van der Waals surface area contributed by atoms with Crippen molar-refractivity contribution in [3.63, 3.8) is 0 Å². The molecule has 0 bridgehead atoms. The van der Waals surface area contributed by atoms with Crippen LogP contribution >= 0.6 is 23.2 Å². The second-order valence-corrected chi connectivity index (χ2v) is 6.97. The molecule has 0 aliphatic rings. The summed E-state index contributed by atoms with van der Waals surface area (Å²) in [6.07, 6.45) is 3.26. The first kappa shape index (κ1) is 20.0. The Morgan fingerprint density at radius 1 is 0.893 bits per heavy atom. The molecule has 144 valence electrons. The quantitative estimate of drug-likeness (QED) is 0.510. The van der Waals surface area contributed by atoms with Crippen LogP contribution in [0.4, 0.5) is 11.4 Å². The van der Waals surface area contributed by atoms with Crippen LogP contribution in [0.3, 0.4) is 0 Å². The summed E-state index contributed by atoms with van der Waals surface area (Å²) in [5, 5.41) is 6.60. The zero-order valence-electron chi connectivity index (χ0n) is 14.9. The molecule has 0 spiro atoms. The molecule has 3 rings (SSSR count). The summed E-state index contributed by atoms with van der Waals surface area (Å²) < 4.78 is 5.04. The van der Waals surface area contributed by atoms with Crippen LogP contribution in [0, 0.1) is 0 Å². The van der Waals surface area contributed by atoms with Crippen LogP contribution in [0.5, 0.6) is 0 Å². The maximum Gasteiger partial charge on any atom is 0.291 e. The number of carbonyl (C=O) groups excluding carboxylic acids is 2. The van der Waals surface area contributed by atoms with Gasteiger partial charge in [-0.1, -0.05) is 29.3 Å². The second kappa shape index (κ2) is 9.44. The fourth-order valence-corrected chi connectivity index (χ4v) is 2.93. The number of halogens is 2. The van der Waals surface area contributed by atoms with Crippen LogP contribution in [-0.4, -0.2) is 11.8 Å². The van der Waals surface area contributed by atoms with Gasteiger partial charge in [-0.05, 0) is 66.9 Å². The lowest BCUT2D eigenvalue weighted by molar-refractivity contribution is -0.116. The van der Waals surface area contributed by atoms with E-state index in [2.05, 4.69) is 10.6 Å². The fourth-order valence-electron chi connectivity index (χ4n) is 2.61. The summed E-state index contributed by atoms with van der Waals surface area (Å²) in [4.78, 5) is 24.0. The van der Waals surface area contributed by atoms with Crippen molar-refractivity contribution in [3.8, 4) is 0 Å². The van der Waals surface area contributed by atoms with E-state index in [1.54, 1.807) is 42.5 Å². The van der Waals surface area contributed by atoms with Crippen molar-refractivity contribution in [2.24, 2.45) is 0 Å². The molecule has 0 radical (unpaired) electrons. The molecular weight excluding hydrogens is 399 g/mol. The molecule has 2 amide bonds. The van der Waals surface area contributed by atoms with Gasteiger partial charge in [0.2, 0.25) is 5.91 Å². The van der Waals surface area contributed by atoms with Gasteiger partial charge in [-0.25, -0.2) is 0 Å². The van der Waals surface area contributed by atoms with Crippen LogP contribution in [0.1, 0.15) is 29.0 Å². The Hall–Kier alpha value is -2.76. The average molecular weight is 417 g/mol. The third kappa shape index (κ3) is 5.62. The predicted octanol–water partition coefficient (Wildman–Crippen LogP) is 5.80. The Bertz CT molecular complexity index is 954. The minimum atomic E-state index is -0.330. The monoisotopic (exact) mass is 416 g/mol. The van der Waals surface area contributed by atoms with Gasteiger partial charge in [0.1, 0.15) is 0 Å². The SMILES string of the molecule is O=C(CCCc1ccc(Cl)c(Cl)c1)Nc1ccc(NC(=O)c2ccco2)cc1. The Morgan fingerprint density at radius 3 is 2.25 bits per heavy atom. The van der Waals surface area contributed by atoms with Crippen molar-refractivity contribution >= 4 is 46.4 Å². The number of rotatable bonds is 7. The molecule has 3 aromatic rings. The van der Waals surface area contributed by atoms with Gasteiger partial charge in [0, 0.05) is 17.8 Å². The second-order valence-electron chi connectivity index (χ2n) is 6.16. The maximum atomic E-state index is 12.1. The number of anilines is 2. The highest BCUT2D eigenvalue weighted by Crippen LogP contribution is 2.23. The standard InChI is InChI=1S/C21H18Cl2N2O3/c22-17-11-6-14(13-18(17)23)3-1-5-20(26)24-15-7-9-16(10-8-15)25-21(27)19-4-2-12-28-19/h2,4,6-13H,1,3,5H2,(H,24,26)(H,25,27). The zero-order valence-corrected chi connectivity index (χ0v) is 16.4. The third-order valence-corrected chi connectivity index (χ3v) is 4.76. The van der Waals surface area contributed by atoms with E-state index in [1.165, 1.54) is 6.26 Å². The first-order valence-electron chi connectivity index (χ1n) is 8.70. The highest BCUT2D eigenvalue weighted by atomic mass is 35.5. The molecule has 0 saturated heterocycles. The zero-order chi connectivity index (χ0) is 19.9. The van der Waals surface area contributed by atoms with E-state index in [-0.39, 0.29) is 17.6 Å². The molecule has 0 aliphatic heterocycles. The molecule has 28 heavy (non-hydrogen) atoms. The Labute approximate surface area is 172 Å². The summed E-state index contributed by atoms with van der Waals surface area (Å²) in [5.74, 6) is -0.170. The third-order valence-electron chi connectivity index (χ3n) is 4.02. The van der Waals surface area contributed by atoms with Gasteiger partial charge in [0.25, 0.3) is 5.91 Å². The minimum Gasteiger partial charge on any atom is -0.459 e. The smallest absolute Gasteiger partial charge is 0.291 e. The largest absolute Gasteiger partial charge is 0.459 e. The Kier molecular flexibility index (Phi) is 6.74.